The molecule has 7 rings (SSSR count). The van der Waals surface area contributed by atoms with E-state index in [0.717, 1.165) is 49.2 Å². The minimum absolute atomic E-state index is 0.136. The molecule has 4 fully saturated rings. The number of nitrogens with zero attached hydrogens (tertiary/aromatic N) is 4. The number of piperidine rings is 2. The van der Waals surface area contributed by atoms with Crippen LogP contribution in [-0.4, -0.2) is 106 Å². The molecule has 0 spiro atoms. The van der Waals surface area contributed by atoms with Crippen molar-refractivity contribution in [3.05, 3.63) is 113 Å². The number of β-lactam (4-membered cyclic amide) rings is 1. The third-order valence-corrected chi connectivity index (χ3v) is 11.4. The van der Waals surface area contributed by atoms with Crippen molar-refractivity contribution in [1.82, 2.24) is 24.9 Å². The van der Waals surface area contributed by atoms with Gasteiger partial charge in [0.2, 0.25) is 24.1 Å². The van der Waals surface area contributed by atoms with Gasteiger partial charge in [0.05, 0.1) is 30.7 Å². The summed E-state index contributed by atoms with van der Waals surface area (Å²) in [5.41, 5.74) is 1.07. The molecular formula is C42H48F3N5O5. The van der Waals surface area contributed by atoms with Crippen LogP contribution in [-0.2, 0) is 31.8 Å². The number of aliphatic hydroxyl groups is 1. The monoisotopic (exact) mass is 759 g/mol. The first-order valence-electron chi connectivity index (χ1n) is 19.2. The van der Waals surface area contributed by atoms with Crippen molar-refractivity contribution >= 4 is 23.8 Å². The largest absolute Gasteiger partial charge is 0.416 e. The first kappa shape index (κ1) is 38.7. The Morgan fingerprint density at radius 3 is 2.29 bits per heavy atom. The number of benzene rings is 3. The van der Waals surface area contributed by atoms with E-state index in [2.05, 4.69) is 10.2 Å². The van der Waals surface area contributed by atoms with E-state index in [1.165, 1.54) is 36.3 Å². The molecule has 0 bridgehead atoms. The fraction of sp³-hybridized carbons (Fsp3) is 0.452. The maximum atomic E-state index is 14.5. The number of carbonyl (C=O) groups is 3. The van der Waals surface area contributed by atoms with E-state index < -0.39 is 54.1 Å². The molecule has 3 aromatic carbocycles. The highest BCUT2D eigenvalue weighted by molar-refractivity contribution is 5.98. The molecule has 0 saturated carbocycles. The van der Waals surface area contributed by atoms with Gasteiger partial charge in [0.25, 0.3) is 0 Å². The van der Waals surface area contributed by atoms with Gasteiger partial charge in [-0.15, -0.1) is 0 Å². The van der Waals surface area contributed by atoms with E-state index in [1.807, 2.05) is 66.7 Å². The molecule has 0 aliphatic carbocycles. The highest BCUT2D eigenvalue weighted by Crippen LogP contribution is 2.40. The smallest absolute Gasteiger partial charge is 0.356 e. The molecule has 4 saturated heterocycles. The van der Waals surface area contributed by atoms with Crippen molar-refractivity contribution in [3.8, 4) is 0 Å². The van der Waals surface area contributed by atoms with Crippen molar-refractivity contribution in [2.75, 3.05) is 32.8 Å². The number of amides is 3. The van der Waals surface area contributed by atoms with E-state index >= 15 is 0 Å². The second-order valence-electron chi connectivity index (χ2n) is 14.8. The number of rotatable bonds is 11. The molecule has 0 aromatic heterocycles. The number of ether oxygens (including phenoxy) is 1. The van der Waals surface area contributed by atoms with Crippen LogP contribution in [0.15, 0.2) is 91.0 Å². The second kappa shape index (κ2) is 17.1. The van der Waals surface area contributed by atoms with Crippen molar-refractivity contribution in [3.63, 3.8) is 0 Å². The Morgan fingerprint density at radius 1 is 0.909 bits per heavy atom. The molecule has 3 aromatic rings. The van der Waals surface area contributed by atoms with Gasteiger partial charge in [0.1, 0.15) is 12.1 Å². The summed E-state index contributed by atoms with van der Waals surface area (Å²) in [7, 11) is 0. The summed E-state index contributed by atoms with van der Waals surface area (Å²) < 4.78 is 46.2. The SMILES string of the molecule is O=C(NCc1cccc(C(F)(F)F)c1)[C@@H](CC(=O)N1CCC(N2CCCCC2)CC1)N1C(=O)[C@@H](N2[C@@H](c3ccccc3)CO[C@@H]2O)[C@H]1/C=C/c1ccccc1. The quantitative estimate of drug-likeness (QED) is 0.259. The molecule has 292 valence electrons. The standard InChI is InChI=1S/C42H48F3N5O5/c43-42(44,45)32-16-10-13-30(25-32)27-46-39(52)35(26-37(51)48-23-19-33(20-24-48)47-21-8-3-9-22-47)49-34(18-17-29-11-4-1-5-12-29)38(40(49)53)50-36(28-55-41(50)54)31-14-6-2-7-15-31/h1-2,4-7,10-18,25,33-36,38,41,54H,3,8-9,19-24,26-28H2,(H,46,52)/b18-17+/t34-,35-,36-,38+,41+/m1/s1. The normalized spacial score (nSPS) is 24.9. The molecule has 13 heteroatoms. The highest BCUT2D eigenvalue weighted by atomic mass is 19.4. The molecule has 2 N–H and O–H groups in total. The van der Waals surface area contributed by atoms with Crippen LogP contribution in [0, 0.1) is 0 Å². The number of alkyl halides is 3. The molecule has 4 aliphatic heterocycles. The second-order valence-corrected chi connectivity index (χ2v) is 14.8. The number of hydrogen-bond donors (Lipinski definition) is 2. The predicted molar refractivity (Wildman–Crippen MR) is 200 cm³/mol. The van der Waals surface area contributed by atoms with Crippen molar-refractivity contribution in [2.24, 2.45) is 0 Å². The Labute approximate surface area is 319 Å². The molecule has 3 amide bonds. The first-order valence-corrected chi connectivity index (χ1v) is 19.2. The van der Waals surface area contributed by atoms with Gasteiger partial charge in [-0.2, -0.15) is 13.2 Å². The lowest BCUT2D eigenvalue weighted by atomic mass is 9.87. The fourth-order valence-electron chi connectivity index (χ4n) is 8.47. The number of likely N-dealkylation sites (tertiary alicyclic amines) is 3. The Morgan fingerprint density at radius 2 is 1.60 bits per heavy atom. The highest BCUT2D eigenvalue weighted by Gasteiger charge is 2.58. The van der Waals surface area contributed by atoms with Gasteiger partial charge in [0, 0.05) is 25.7 Å². The zero-order valence-electron chi connectivity index (χ0n) is 30.7. The third kappa shape index (κ3) is 8.80. The molecule has 0 radical (unpaired) electrons. The summed E-state index contributed by atoms with van der Waals surface area (Å²) in [6, 6.07) is 20.5. The predicted octanol–water partition coefficient (Wildman–Crippen LogP) is 5.20. The summed E-state index contributed by atoms with van der Waals surface area (Å²) in [6.45, 7) is 3.08. The summed E-state index contributed by atoms with van der Waals surface area (Å²) in [4.78, 5) is 50.1. The molecule has 4 aliphatic rings. The lowest BCUT2D eigenvalue weighted by Gasteiger charge is -2.53. The molecule has 5 atom stereocenters. The van der Waals surface area contributed by atoms with Gasteiger partial charge in [-0.1, -0.05) is 91.4 Å². The van der Waals surface area contributed by atoms with Crippen LogP contribution < -0.4 is 5.32 Å². The van der Waals surface area contributed by atoms with Gasteiger partial charge >= 0.3 is 6.18 Å². The van der Waals surface area contributed by atoms with E-state index in [0.29, 0.717) is 19.1 Å². The van der Waals surface area contributed by atoms with E-state index in [9.17, 15) is 32.7 Å². The Bertz CT molecular complexity index is 1810. The summed E-state index contributed by atoms with van der Waals surface area (Å²) in [6.07, 6.45) is 2.59. The topological polar surface area (TPSA) is 106 Å². The molecular weight excluding hydrogens is 711 g/mol. The Balaban J connectivity index is 1.16. The Hall–Kier alpha value is -4.56. The summed E-state index contributed by atoms with van der Waals surface area (Å²) in [5.74, 6) is -1.40. The number of halogens is 3. The van der Waals surface area contributed by atoms with Gasteiger partial charge in [-0.3, -0.25) is 14.4 Å². The van der Waals surface area contributed by atoms with Crippen molar-refractivity contribution in [2.45, 2.75) is 87.9 Å². The third-order valence-electron chi connectivity index (χ3n) is 11.4. The van der Waals surface area contributed by atoms with Gasteiger partial charge in [-0.05, 0) is 67.6 Å². The van der Waals surface area contributed by atoms with Gasteiger partial charge in [-0.25, -0.2) is 4.90 Å². The molecule has 10 nitrogen and oxygen atoms in total. The number of carbonyl (C=O) groups excluding carboxylic acids is 3. The Kier molecular flexibility index (Phi) is 12.0. The molecule has 0 unspecified atom stereocenters. The summed E-state index contributed by atoms with van der Waals surface area (Å²) in [5, 5.41) is 13.9. The molecule has 4 heterocycles. The van der Waals surface area contributed by atoms with Gasteiger partial charge < -0.3 is 29.9 Å². The van der Waals surface area contributed by atoms with Crippen LogP contribution in [0.1, 0.15) is 66.8 Å². The lowest BCUT2D eigenvalue weighted by molar-refractivity contribution is -0.193. The van der Waals surface area contributed by atoms with Crippen LogP contribution in [0.25, 0.3) is 6.08 Å². The van der Waals surface area contributed by atoms with Crippen molar-refractivity contribution < 1.29 is 37.4 Å². The maximum absolute atomic E-state index is 14.5. The number of nitrogens with one attached hydrogen (secondary N) is 1. The van der Waals surface area contributed by atoms with E-state index in [4.69, 9.17) is 4.74 Å². The lowest BCUT2D eigenvalue weighted by Crippen LogP contribution is -2.75. The maximum Gasteiger partial charge on any atom is 0.416 e. The van der Waals surface area contributed by atoms with E-state index in [-0.39, 0.29) is 31.0 Å². The average molecular weight is 760 g/mol. The van der Waals surface area contributed by atoms with Gasteiger partial charge in [0.15, 0.2) is 0 Å². The van der Waals surface area contributed by atoms with E-state index in [1.54, 1.807) is 15.9 Å². The number of hydrogen-bond acceptors (Lipinski definition) is 7. The summed E-state index contributed by atoms with van der Waals surface area (Å²) >= 11 is 0. The average Bonchev–Trinajstić information content (AvgIpc) is 3.58. The van der Waals surface area contributed by atoms with Crippen LogP contribution >= 0.6 is 0 Å². The van der Waals surface area contributed by atoms with Crippen LogP contribution in [0.5, 0.6) is 0 Å². The zero-order valence-corrected chi connectivity index (χ0v) is 30.7. The minimum atomic E-state index is -4.56. The van der Waals surface area contributed by atoms with Crippen LogP contribution in [0.4, 0.5) is 13.2 Å². The first-order chi connectivity index (χ1) is 26.6. The van der Waals surface area contributed by atoms with Crippen LogP contribution in [0.3, 0.4) is 0 Å². The molecule has 55 heavy (non-hydrogen) atoms. The van der Waals surface area contributed by atoms with Crippen LogP contribution in [0.2, 0.25) is 0 Å². The zero-order chi connectivity index (χ0) is 38.5. The fourth-order valence-corrected chi connectivity index (χ4v) is 8.47. The number of aliphatic hydroxyl groups excluding tert-OH is 1. The minimum Gasteiger partial charge on any atom is -0.356 e. The van der Waals surface area contributed by atoms with Crippen molar-refractivity contribution in [1.29, 1.82) is 0 Å².